The van der Waals surface area contributed by atoms with E-state index in [9.17, 15) is 15.3 Å². The molecule has 0 bridgehead atoms. The predicted octanol–water partition coefficient (Wildman–Crippen LogP) is 1.45. The summed E-state index contributed by atoms with van der Waals surface area (Å²) in [5, 5.41) is 35.6. The molecule has 0 radical (unpaired) electrons. The van der Waals surface area contributed by atoms with Gasteiger partial charge in [-0.25, -0.2) is 0 Å². The van der Waals surface area contributed by atoms with Gasteiger partial charge in [0.1, 0.15) is 6.10 Å². The summed E-state index contributed by atoms with van der Waals surface area (Å²) >= 11 is 0. The number of aliphatic hydroxyl groups excluding tert-OH is 1. The van der Waals surface area contributed by atoms with Crippen molar-refractivity contribution >= 4 is 0 Å². The summed E-state index contributed by atoms with van der Waals surface area (Å²) in [6.45, 7) is 7.98. The topological polar surface area (TPSA) is 84.8 Å². The van der Waals surface area contributed by atoms with Crippen molar-refractivity contribution in [2.75, 3.05) is 0 Å². The summed E-state index contributed by atoms with van der Waals surface area (Å²) in [4.78, 5) is 0. The van der Waals surface area contributed by atoms with Crippen LogP contribution in [-0.2, 0) is 0 Å². The van der Waals surface area contributed by atoms with Gasteiger partial charge in [0.2, 0.25) is 0 Å². The number of hydrogen-bond donors (Lipinski definition) is 5. The van der Waals surface area contributed by atoms with Crippen molar-refractivity contribution in [3.8, 4) is 11.5 Å². The molecule has 1 unspecified atom stereocenters. The number of phenols is 2. The van der Waals surface area contributed by atoms with Gasteiger partial charge in [-0.05, 0) is 45.4 Å². The zero-order valence-corrected chi connectivity index (χ0v) is 11.9. The molecule has 19 heavy (non-hydrogen) atoms. The van der Waals surface area contributed by atoms with Crippen LogP contribution in [0.5, 0.6) is 11.5 Å². The van der Waals surface area contributed by atoms with E-state index in [-0.39, 0.29) is 29.7 Å². The lowest BCUT2D eigenvalue weighted by atomic mass is 10.0. The summed E-state index contributed by atoms with van der Waals surface area (Å²) in [5.74, 6) is -0.425. The van der Waals surface area contributed by atoms with Crippen LogP contribution in [0.4, 0.5) is 0 Å². The van der Waals surface area contributed by atoms with Crippen LogP contribution in [0.3, 0.4) is 0 Å². The monoisotopic (exact) mass is 268 g/mol. The number of hydrogen-bond acceptors (Lipinski definition) is 5. The first-order chi connectivity index (χ1) is 8.81. The summed E-state index contributed by atoms with van der Waals surface area (Å²) in [6, 6.07) is 4.75. The Morgan fingerprint density at radius 2 is 1.42 bits per heavy atom. The Morgan fingerprint density at radius 3 is 1.84 bits per heavy atom. The Bertz CT molecular complexity index is 398. The van der Waals surface area contributed by atoms with Gasteiger partial charge in [0.15, 0.2) is 11.5 Å². The third kappa shape index (κ3) is 4.70. The summed E-state index contributed by atoms with van der Waals surface area (Å²) in [7, 11) is 0. The molecule has 0 heterocycles. The summed E-state index contributed by atoms with van der Waals surface area (Å²) in [5.41, 5.74) is 0.543. The SMILES string of the molecule is CC(C)NC(NC(C)C)C(O)c1ccc(O)c(O)c1. The van der Waals surface area contributed by atoms with Gasteiger partial charge >= 0.3 is 0 Å². The molecule has 0 saturated carbocycles. The summed E-state index contributed by atoms with van der Waals surface area (Å²) in [6.07, 6.45) is -1.15. The van der Waals surface area contributed by atoms with Crippen LogP contribution < -0.4 is 10.6 Å². The van der Waals surface area contributed by atoms with Gasteiger partial charge < -0.3 is 15.3 Å². The normalized spacial score (nSPS) is 13.5. The van der Waals surface area contributed by atoms with E-state index in [1.807, 2.05) is 27.7 Å². The lowest BCUT2D eigenvalue weighted by Crippen LogP contribution is -2.51. The Labute approximate surface area is 114 Å². The number of rotatable bonds is 6. The molecule has 5 heteroatoms. The first-order valence-electron chi connectivity index (χ1n) is 6.53. The number of aliphatic hydroxyl groups is 1. The van der Waals surface area contributed by atoms with Crippen molar-refractivity contribution in [1.82, 2.24) is 10.6 Å². The highest BCUT2D eigenvalue weighted by molar-refractivity contribution is 5.41. The van der Waals surface area contributed by atoms with E-state index in [0.29, 0.717) is 5.56 Å². The molecule has 0 aliphatic carbocycles. The highest BCUT2D eigenvalue weighted by atomic mass is 16.3. The van der Waals surface area contributed by atoms with Crippen LogP contribution in [-0.4, -0.2) is 33.6 Å². The Morgan fingerprint density at radius 1 is 0.895 bits per heavy atom. The van der Waals surface area contributed by atoms with Crippen LogP contribution in [0.1, 0.15) is 39.4 Å². The van der Waals surface area contributed by atoms with Gasteiger partial charge in [0.25, 0.3) is 0 Å². The number of phenolic OH excluding ortho intramolecular Hbond substituents is 2. The molecule has 0 aliphatic rings. The van der Waals surface area contributed by atoms with Crippen molar-refractivity contribution in [2.45, 2.75) is 52.0 Å². The maximum atomic E-state index is 10.4. The van der Waals surface area contributed by atoms with Gasteiger partial charge in [-0.1, -0.05) is 6.07 Å². The summed E-state index contributed by atoms with van der Waals surface area (Å²) < 4.78 is 0. The highest BCUT2D eigenvalue weighted by Gasteiger charge is 2.22. The average molecular weight is 268 g/mol. The van der Waals surface area contributed by atoms with Gasteiger partial charge in [-0.2, -0.15) is 0 Å². The van der Waals surface area contributed by atoms with Crippen molar-refractivity contribution in [2.24, 2.45) is 0 Å². The maximum absolute atomic E-state index is 10.4. The minimum absolute atomic E-state index is 0.193. The molecule has 0 saturated heterocycles. The van der Waals surface area contributed by atoms with Crippen LogP contribution in [0.15, 0.2) is 18.2 Å². The standard InChI is InChI=1S/C14H24N2O3/c1-8(2)15-14(16-9(3)4)13(19)10-5-6-11(17)12(18)7-10/h5-9,13-19H,1-4H3. The second kappa shape index (κ2) is 6.75. The largest absolute Gasteiger partial charge is 0.504 e. The lowest BCUT2D eigenvalue weighted by molar-refractivity contribution is 0.101. The smallest absolute Gasteiger partial charge is 0.157 e. The fraction of sp³-hybridized carbons (Fsp3) is 0.571. The lowest BCUT2D eigenvalue weighted by Gasteiger charge is -2.29. The zero-order valence-electron chi connectivity index (χ0n) is 11.9. The molecule has 1 aromatic rings. The van der Waals surface area contributed by atoms with Crippen LogP contribution >= 0.6 is 0 Å². The first kappa shape index (κ1) is 15.8. The Hall–Kier alpha value is -1.30. The first-order valence-corrected chi connectivity index (χ1v) is 6.53. The van der Waals surface area contributed by atoms with E-state index in [0.717, 1.165) is 0 Å². The van der Waals surface area contributed by atoms with Crippen LogP contribution in [0, 0.1) is 0 Å². The van der Waals surface area contributed by atoms with Crippen molar-refractivity contribution in [3.05, 3.63) is 23.8 Å². The van der Waals surface area contributed by atoms with Gasteiger partial charge in [-0.15, -0.1) is 0 Å². The third-order valence-corrected chi connectivity index (χ3v) is 2.68. The van der Waals surface area contributed by atoms with E-state index >= 15 is 0 Å². The fourth-order valence-corrected chi connectivity index (χ4v) is 1.87. The van der Waals surface area contributed by atoms with E-state index in [4.69, 9.17) is 0 Å². The Balaban J connectivity index is 2.90. The van der Waals surface area contributed by atoms with Crippen molar-refractivity contribution in [1.29, 1.82) is 0 Å². The van der Waals surface area contributed by atoms with Crippen molar-refractivity contribution in [3.63, 3.8) is 0 Å². The molecule has 1 atom stereocenters. The molecular formula is C14H24N2O3. The molecule has 5 nitrogen and oxygen atoms in total. The molecule has 5 N–H and O–H groups in total. The third-order valence-electron chi connectivity index (χ3n) is 2.68. The number of nitrogens with one attached hydrogen (secondary N) is 2. The zero-order chi connectivity index (χ0) is 14.6. The van der Waals surface area contributed by atoms with E-state index in [1.54, 1.807) is 6.07 Å². The van der Waals surface area contributed by atoms with E-state index in [2.05, 4.69) is 10.6 Å². The van der Waals surface area contributed by atoms with Crippen molar-refractivity contribution < 1.29 is 15.3 Å². The molecule has 0 aromatic heterocycles. The molecule has 1 aromatic carbocycles. The molecule has 0 spiro atoms. The quantitative estimate of drug-likeness (QED) is 0.398. The highest BCUT2D eigenvalue weighted by Crippen LogP contribution is 2.28. The molecule has 0 fully saturated rings. The van der Waals surface area contributed by atoms with Gasteiger partial charge in [0.05, 0.1) is 6.17 Å². The maximum Gasteiger partial charge on any atom is 0.157 e. The Kier molecular flexibility index (Phi) is 5.60. The van der Waals surface area contributed by atoms with Gasteiger partial charge in [-0.3, -0.25) is 10.6 Å². The minimum Gasteiger partial charge on any atom is -0.504 e. The fourth-order valence-electron chi connectivity index (χ4n) is 1.87. The van der Waals surface area contributed by atoms with Crippen LogP contribution in [0.25, 0.3) is 0 Å². The van der Waals surface area contributed by atoms with Gasteiger partial charge in [0, 0.05) is 12.1 Å². The van der Waals surface area contributed by atoms with E-state index < -0.39 is 6.10 Å². The molecule has 108 valence electrons. The second-order valence-electron chi connectivity index (χ2n) is 5.31. The number of aromatic hydroxyl groups is 2. The molecule has 0 aliphatic heterocycles. The minimum atomic E-state index is -0.823. The average Bonchev–Trinajstić information content (AvgIpc) is 2.29. The molecule has 1 rings (SSSR count). The van der Waals surface area contributed by atoms with E-state index in [1.165, 1.54) is 12.1 Å². The second-order valence-corrected chi connectivity index (χ2v) is 5.31. The predicted molar refractivity (Wildman–Crippen MR) is 75.1 cm³/mol. The molecule has 0 amide bonds. The van der Waals surface area contributed by atoms with Crippen LogP contribution in [0.2, 0.25) is 0 Å². The number of benzene rings is 1. The molecular weight excluding hydrogens is 244 g/mol.